The third-order valence-corrected chi connectivity index (χ3v) is 3.06. The van der Waals surface area contributed by atoms with Gasteiger partial charge in [0.05, 0.1) is 0 Å². The lowest BCUT2D eigenvalue weighted by molar-refractivity contribution is 0.628. The topological polar surface area (TPSA) is 12.4 Å². The van der Waals surface area contributed by atoms with Crippen molar-refractivity contribution >= 4 is 6.21 Å². The van der Waals surface area contributed by atoms with Crippen LogP contribution in [0.3, 0.4) is 0 Å². The first-order valence-electron chi connectivity index (χ1n) is 5.72. The summed E-state index contributed by atoms with van der Waals surface area (Å²) in [7, 11) is 0. The summed E-state index contributed by atoms with van der Waals surface area (Å²) in [6.07, 6.45) is 2.91. The maximum Gasteiger partial charge on any atom is 0.123 e. The van der Waals surface area contributed by atoms with Gasteiger partial charge in [-0.05, 0) is 40.8 Å². The molecule has 0 saturated carbocycles. The Hall–Kier alpha value is -1.96. The van der Waals surface area contributed by atoms with E-state index in [1.807, 2.05) is 18.3 Å². The Labute approximate surface area is 99.6 Å². The lowest BCUT2D eigenvalue weighted by Gasteiger charge is -2.11. The molecule has 0 unspecified atom stereocenters. The minimum absolute atomic E-state index is 0.196. The van der Waals surface area contributed by atoms with Crippen LogP contribution in [0.5, 0.6) is 0 Å². The summed E-state index contributed by atoms with van der Waals surface area (Å²) >= 11 is 0. The summed E-state index contributed by atoms with van der Waals surface area (Å²) in [6.45, 7) is 0.861. The van der Waals surface area contributed by atoms with Crippen LogP contribution in [-0.4, -0.2) is 12.8 Å². The van der Waals surface area contributed by atoms with E-state index in [4.69, 9.17) is 0 Å². The highest BCUT2D eigenvalue weighted by atomic mass is 19.1. The van der Waals surface area contributed by atoms with E-state index >= 15 is 0 Å². The van der Waals surface area contributed by atoms with E-state index in [-0.39, 0.29) is 5.82 Å². The Bertz CT molecular complexity index is 570. The quantitative estimate of drug-likeness (QED) is 0.704. The highest BCUT2D eigenvalue weighted by Crippen LogP contribution is 2.23. The second-order valence-corrected chi connectivity index (χ2v) is 4.21. The van der Waals surface area contributed by atoms with Crippen LogP contribution in [0.15, 0.2) is 47.5 Å². The molecule has 3 rings (SSSR count). The first kappa shape index (κ1) is 10.2. The molecule has 0 amide bonds. The SMILES string of the molecule is Fc1ccc(-c2ccc3c(c2)CCN=C3)cc1. The van der Waals surface area contributed by atoms with Crippen molar-refractivity contribution in [2.45, 2.75) is 6.42 Å². The van der Waals surface area contributed by atoms with Crippen LogP contribution >= 0.6 is 0 Å². The minimum Gasteiger partial charge on any atom is -0.292 e. The molecule has 0 aliphatic carbocycles. The number of rotatable bonds is 1. The molecule has 0 N–H and O–H groups in total. The molecule has 0 spiro atoms. The first-order valence-corrected chi connectivity index (χ1v) is 5.72. The van der Waals surface area contributed by atoms with Crippen molar-refractivity contribution in [3.05, 3.63) is 59.4 Å². The van der Waals surface area contributed by atoms with Crippen molar-refractivity contribution in [3.8, 4) is 11.1 Å². The summed E-state index contributed by atoms with van der Waals surface area (Å²) in [5.74, 6) is -0.196. The number of fused-ring (bicyclic) bond motifs is 1. The van der Waals surface area contributed by atoms with Gasteiger partial charge in [-0.3, -0.25) is 4.99 Å². The van der Waals surface area contributed by atoms with Gasteiger partial charge < -0.3 is 0 Å². The van der Waals surface area contributed by atoms with Gasteiger partial charge in [0, 0.05) is 12.8 Å². The van der Waals surface area contributed by atoms with Crippen LogP contribution in [-0.2, 0) is 6.42 Å². The lowest BCUT2D eigenvalue weighted by Crippen LogP contribution is -2.02. The maximum atomic E-state index is 12.9. The van der Waals surface area contributed by atoms with E-state index in [2.05, 4.69) is 23.2 Å². The van der Waals surface area contributed by atoms with Crippen molar-refractivity contribution in [3.63, 3.8) is 0 Å². The van der Waals surface area contributed by atoms with Crippen LogP contribution in [0.2, 0.25) is 0 Å². The smallest absolute Gasteiger partial charge is 0.123 e. The van der Waals surface area contributed by atoms with Crippen LogP contribution < -0.4 is 0 Å². The third kappa shape index (κ3) is 1.98. The number of hydrogen-bond donors (Lipinski definition) is 0. The van der Waals surface area contributed by atoms with Crippen molar-refractivity contribution in [1.29, 1.82) is 0 Å². The zero-order chi connectivity index (χ0) is 11.7. The largest absolute Gasteiger partial charge is 0.292 e. The van der Waals surface area contributed by atoms with E-state index in [9.17, 15) is 4.39 Å². The normalized spacial score (nSPS) is 13.5. The zero-order valence-electron chi connectivity index (χ0n) is 9.36. The van der Waals surface area contributed by atoms with Gasteiger partial charge in [-0.2, -0.15) is 0 Å². The Morgan fingerprint density at radius 2 is 1.71 bits per heavy atom. The Morgan fingerprint density at radius 1 is 0.941 bits per heavy atom. The van der Waals surface area contributed by atoms with Crippen molar-refractivity contribution in [2.24, 2.45) is 4.99 Å². The fourth-order valence-corrected chi connectivity index (χ4v) is 2.12. The van der Waals surface area contributed by atoms with Gasteiger partial charge in [-0.15, -0.1) is 0 Å². The average Bonchev–Trinajstić information content (AvgIpc) is 2.39. The zero-order valence-corrected chi connectivity index (χ0v) is 9.36. The molecule has 2 aromatic rings. The Kier molecular flexibility index (Phi) is 2.48. The van der Waals surface area contributed by atoms with Gasteiger partial charge in [0.1, 0.15) is 5.82 Å². The molecule has 0 atom stereocenters. The summed E-state index contributed by atoms with van der Waals surface area (Å²) in [5.41, 5.74) is 4.71. The van der Waals surface area contributed by atoms with Gasteiger partial charge in [-0.25, -0.2) is 4.39 Å². The fraction of sp³-hybridized carbons (Fsp3) is 0.133. The molecule has 84 valence electrons. The van der Waals surface area contributed by atoms with Crippen LogP contribution in [0.25, 0.3) is 11.1 Å². The van der Waals surface area contributed by atoms with Gasteiger partial charge in [0.15, 0.2) is 0 Å². The van der Waals surface area contributed by atoms with Crippen molar-refractivity contribution < 1.29 is 4.39 Å². The first-order chi connectivity index (χ1) is 8.33. The average molecular weight is 225 g/mol. The van der Waals surface area contributed by atoms with Crippen LogP contribution in [0, 0.1) is 5.82 Å². The summed E-state index contributed by atoms with van der Waals surface area (Å²) in [4.78, 5) is 4.26. The molecule has 1 aliphatic heterocycles. The van der Waals surface area contributed by atoms with Crippen molar-refractivity contribution in [2.75, 3.05) is 6.54 Å². The molecule has 1 aliphatic rings. The standard InChI is InChI=1S/C15H12FN/c16-15-5-3-11(4-6-15)12-1-2-14-10-17-8-7-13(14)9-12/h1-6,9-10H,7-8H2. The summed E-state index contributed by atoms with van der Waals surface area (Å²) < 4.78 is 12.9. The summed E-state index contributed by atoms with van der Waals surface area (Å²) in [5, 5.41) is 0. The van der Waals surface area contributed by atoms with Gasteiger partial charge in [-0.1, -0.05) is 30.3 Å². The van der Waals surface area contributed by atoms with E-state index in [0.717, 1.165) is 24.1 Å². The molecule has 0 fully saturated rings. The molecule has 1 nitrogen and oxygen atoms in total. The van der Waals surface area contributed by atoms with Crippen LogP contribution in [0.1, 0.15) is 11.1 Å². The molecular formula is C15H12FN. The predicted octanol–water partition coefficient (Wildman–Crippen LogP) is 3.47. The van der Waals surface area contributed by atoms with E-state index < -0.39 is 0 Å². The Balaban J connectivity index is 2.04. The van der Waals surface area contributed by atoms with Crippen molar-refractivity contribution in [1.82, 2.24) is 0 Å². The molecule has 1 heterocycles. The number of halogens is 1. The van der Waals surface area contributed by atoms with Gasteiger partial charge >= 0.3 is 0 Å². The highest BCUT2D eigenvalue weighted by Gasteiger charge is 2.07. The number of aliphatic imine (C=N–C) groups is 1. The van der Waals surface area contributed by atoms with Gasteiger partial charge in [0.25, 0.3) is 0 Å². The number of hydrogen-bond acceptors (Lipinski definition) is 1. The molecular weight excluding hydrogens is 213 g/mol. The monoisotopic (exact) mass is 225 g/mol. The fourth-order valence-electron chi connectivity index (χ4n) is 2.12. The highest BCUT2D eigenvalue weighted by molar-refractivity contribution is 5.84. The molecule has 0 bridgehead atoms. The molecule has 0 radical (unpaired) electrons. The molecule has 0 saturated heterocycles. The number of nitrogens with zero attached hydrogens (tertiary/aromatic N) is 1. The van der Waals surface area contributed by atoms with E-state index in [0.29, 0.717) is 0 Å². The van der Waals surface area contributed by atoms with Crippen LogP contribution in [0.4, 0.5) is 4.39 Å². The molecule has 17 heavy (non-hydrogen) atoms. The van der Waals surface area contributed by atoms with E-state index in [1.54, 1.807) is 0 Å². The predicted molar refractivity (Wildman–Crippen MR) is 68.0 cm³/mol. The van der Waals surface area contributed by atoms with E-state index in [1.165, 1.54) is 23.3 Å². The minimum atomic E-state index is -0.196. The molecule has 0 aromatic heterocycles. The second-order valence-electron chi connectivity index (χ2n) is 4.21. The third-order valence-electron chi connectivity index (χ3n) is 3.06. The number of benzene rings is 2. The molecule has 2 heteroatoms. The maximum absolute atomic E-state index is 12.9. The lowest BCUT2D eigenvalue weighted by atomic mass is 9.96. The van der Waals surface area contributed by atoms with Gasteiger partial charge in [0.2, 0.25) is 0 Å². The Morgan fingerprint density at radius 3 is 2.53 bits per heavy atom. The summed E-state index contributed by atoms with van der Waals surface area (Å²) in [6, 6.07) is 12.9. The second kappa shape index (κ2) is 4.13. The molecule has 2 aromatic carbocycles.